The van der Waals surface area contributed by atoms with Crippen molar-refractivity contribution in [3.8, 4) is 89.3 Å². The molecule has 0 saturated heterocycles. The van der Waals surface area contributed by atoms with Crippen LogP contribution in [0.15, 0.2) is 446 Å². The Morgan fingerprint density at radius 3 is 0.937 bits per heavy atom. The molecule has 0 fully saturated rings. The predicted molar refractivity (Wildman–Crippen MR) is 528 cm³/mol. The van der Waals surface area contributed by atoms with Gasteiger partial charge < -0.3 is 27.8 Å². The number of fused-ring (bicyclic) bond motifs is 18. The number of hydrogen-bond acceptors (Lipinski definition) is 4. The zero-order valence-electron chi connectivity index (χ0n) is 70.2. The van der Waals surface area contributed by atoms with E-state index in [1.54, 1.807) is 0 Å². The summed E-state index contributed by atoms with van der Waals surface area (Å²) in [5.41, 5.74) is 39.3. The number of benzene rings is 19. The summed E-state index contributed by atoms with van der Waals surface area (Å²) in [5.74, 6) is 0. The van der Waals surface area contributed by atoms with Gasteiger partial charge in [0.25, 0.3) is 0 Å². The van der Waals surface area contributed by atoms with E-state index < -0.39 is 0 Å². The number of anilines is 6. The molecule has 2 aliphatic carbocycles. The third kappa shape index (κ3) is 12.1. The lowest BCUT2D eigenvalue weighted by Crippen LogP contribution is -2.16. The first-order valence-corrected chi connectivity index (χ1v) is 43.6. The van der Waals surface area contributed by atoms with Gasteiger partial charge in [-0.25, -0.2) is 0 Å². The summed E-state index contributed by atoms with van der Waals surface area (Å²) in [6.07, 6.45) is 0. The molecule has 596 valence electrons. The van der Waals surface area contributed by atoms with E-state index in [1.807, 2.05) is 24.3 Å². The number of nitrogens with zero attached hydrogens (tertiary/aromatic N) is 4. The Morgan fingerprint density at radius 1 is 0.190 bits per heavy atom. The maximum absolute atomic E-state index is 6.48. The van der Waals surface area contributed by atoms with Gasteiger partial charge in [-0.05, 0) is 241 Å². The molecule has 126 heavy (non-hydrogen) atoms. The molecule has 0 unspecified atom stereocenters. The average molecular weight is 1610 g/mol. The molecule has 19 aromatic carbocycles. The Hall–Kier alpha value is -16.0. The van der Waals surface area contributed by atoms with Gasteiger partial charge in [-0.1, -0.05) is 313 Å². The summed E-state index contributed by atoms with van der Waals surface area (Å²) in [7, 11) is 0. The van der Waals surface area contributed by atoms with Crippen LogP contribution in [0.1, 0.15) is 49.9 Å². The molecular weight excluding hydrogens is 1530 g/mol. The van der Waals surface area contributed by atoms with E-state index in [-0.39, 0.29) is 10.8 Å². The monoisotopic (exact) mass is 1610 g/mol. The zero-order chi connectivity index (χ0) is 83.9. The van der Waals surface area contributed by atoms with Crippen molar-refractivity contribution in [1.82, 2.24) is 9.13 Å². The van der Waals surface area contributed by atoms with Crippen molar-refractivity contribution < 1.29 is 8.83 Å². The van der Waals surface area contributed by atoms with Crippen LogP contribution in [0.25, 0.3) is 177 Å². The van der Waals surface area contributed by atoms with E-state index in [2.05, 4.69) is 459 Å². The first kappa shape index (κ1) is 73.9. The lowest BCUT2D eigenvalue weighted by atomic mass is 9.81. The van der Waals surface area contributed by atoms with Gasteiger partial charge in [-0.3, -0.25) is 0 Å². The molecule has 0 saturated carbocycles. The molecule has 4 heterocycles. The number of hydrogen-bond donors (Lipinski definition) is 0. The SMILES string of the molecule is CC1(C)c2cc(-c3ccccc3)ccc2-c2ccc(N(c3ccc(-c4ccc5c(c4)c4ccccc4n5-c4ccccc4)cc3)c3ccc(-c4cccc5c4oc4ccccc45)cc3)cc21.CC1(C)c2cc(-c3ccccc3)ccc2-c2ccc(N(c3ccc(-c4cccc5c4oc4ccccc45)cc3)c3ccc4c(c3)c3ccccc3n4-c3ccccc3)cc21. The summed E-state index contributed by atoms with van der Waals surface area (Å²) in [4.78, 5) is 4.83. The van der Waals surface area contributed by atoms with Crippen molar-refractivity contribution in [3.05, 3.63) is 459 Å². The lowest BCUT2D eigenvalue weighted by Gasteiger charge is -2.28. The smallest absolute Gasteiger partial charge is 0.143 e. The van der Waals surface area contributed by atoms with Gasteiger partial charge in [0.15, 0.2) is 0 Å². The fraction of sp³-hybridized carbons (Fsp3) is 0.0500. The van der Waals surface area contributed by atoms with E-state index in [0.29, 0.717) is 0 Å². The maximum Gasteiger partial charge on any atom is 0.143 e. The first-order chi connectivity index (χ1) is 62.0. The highest BCUT2D eigenvalue weighted by atomic mass is 16.3. The lowest BCUT2D eigenvalue weighted by molar-refractivity contribution is 0.660. The molecule has 25 rings (SSSR count). The normalized spacial score (nSPS) is 12.9. The van der Waals surface area contributed by atoms with Crippen LogP contribution in [0.2, 0.25) is 0 Å². The van der Waals surface area contributed by atoms with Crippen LogP contribution in [-0.4, -0.2) is 9.13 Å². The molecule has 23 aromatic rings. The predicted octanol–water partition coefficient (Wildman–Crippen LogP) is 33.3. The fourth-order valence-corrected chi connectivity index (χ4v) is 20.5. The molecule has 0 N–H and O–H groups in total. The van der Waals surface area contributed by atoms with Gasteiger partial charge in [-0.15, -0.1) is 0 Å². The average Bonchev–Trinajstić information content (AvgIpc) is 1.57. The van der Waals surface area contributed by atoms with Crippen LogP contribution >= 0.6 is 0 Å². The number of furan rings is 2. The summed E-state index contributed by atoms with van der Waals surface area (Å²) in [6, 6.07) is 159. The molecule has 2 aliphatic rings. The van der Waals surface area contributed by atoms with Crippen LogP contribution in [0, 0.1) is 0 Å². The highest BCUT2D eigenvalue weighted by Gasteiger charge is 2.39. The summed E-state index contributed by atoms with van der Waals surface area (Å²) in [5, 5.41) is 9.48. The Morgan fingerprint density at radius 2 is 0.484 bits per heavy atom. The van der Waals surface area contributed by atoms with Gasteiger partial charge >= 0.3 is 0 Å². The zero-order valence-corrected chi connectivity index (χ0v) is 70.2. The maximum atomic E-state index is 6.48. The van der Waals surface area contributed by atoms with Gasteiger partial charge in [0.2, 0.25) is 0 Å². The molecule has 6 nitrogen and oxygen atoms in total. The molecular formula is C120H84N4O2. The molecule has 0 spiro atoms. The minimum atomic E-state index is -0.196. The van der Waals surface area contributed by atoms with Gasteiger partial charge in [-0.2, -0.15) is 0 Å². The molecule has 0 amide bonds. The topological polar surface area (TPSA) is 42.6 Å². The molecule has 0 bridgehead atoms. The summed E-state index contributed by atoms with van der Waals surface area (Å²) >= 11 is 0. The highest BCUT2D eigenvalue weighted by Crippen LogP contribution is 2.55. The molecule has 0 atom stereocenters. The Balaban J connectivity index is 0.000000142. The third-order valence-corrected chi connectivity index (χ3v) is 26.8. The van der Waals surface area contributed by atoms with Crippen LogP contribution < -0.4 is 9.80 Å². The first-order valence-electron chi connectivity index (χ1n) is 43.6. The van der Waals surface area contributed by atoms with Crippen molar-refractivity contribution in [2.45, 2.75) is 38.5 Å². The molecule has 0 aliphatic heterocycles. The second-order valence-electron chi connectivity index (χ2n) is 34.6. The number of aromatic nitrogens is 2. The third-order valence-electron chi connectivity index (χ3n) is 26.8. The Kier molecular flexibility index (Phi) is 17.2. The van der Waals surface area contributed by atoms with Crippen LogP contribution in [0.3, 0.4) is 0 Å². The minimum Gasteiger partial charge on any atom is -0.455 e. The van der Waals surface area contributed by atoms with E-state index >= 15 is 0 Å². The largest absolute Gasteiger partial charge is 0.455 e. The molecule has 6 heteroatoms. The second-order valence-corrected chi connectivity index (χ2v) is 34.6. The molecule has 0 radical (unpaired) electrons. The van der Waals surface area contributed by atoms with Gasteiger partial charge in [0.05, 0.1) is 22.1 Å². The van der Waals surface area contributed by atoms with Crippen molar-refractivity contribution in [2.24, 2.45) is 0 Å². The van der Waals surface area contributed by atoms with Gasteiger partial charge in [0.1, 0.15) is 22.3 Å². The summed E-state index contributed by atoms with van der Waals surface area (Å²) < 4.78 is 17.7. The van der Waals surface area contributed by atoms with Crippen molar-refractivity contribution in [2.75, 3.05) is 9.80 Å². The van der Waals surface area contributed by atoms with Gasteiger partial charge in [0, 0.05) is 111 Å². The van der Waals surface area contributed by atoms with Crippen LogP contribution in [0.5, 0.6) is 0 Å². The van der Waals surface area contributed by atoms with Crippen molar-refractivity contribution in [1.29, 1.82) is 0 Å². The van der Waals surface area contributed by atoms with Crippen molar-refractivity contribution in [3.63, 3.8) is 0 Å². The number of rotatable bonds is 13. The quantitative estimate of drug-likeness (QED) is 0.115. The minimum absolute atomic E-state index is 0.195. The second kappa shape index (κ2) is 29.4. The van der Waals surface area contributed by atoms with Crippen LogP contribution in [0.4, 0.5) is 34.1 Å². The molecule has 4 aromatic heterocycles. The highest BCUT2D eigenvalue weighted by molar-refractivity contribution is 6.14. The van der Waals surface area contributed by atoms with E-state index in [1.165, 1.54) is 122 Å². The van der Waals surface area contributed by atoms with E-state index in [9.17, 15) is 0 Å². The van der Waals surface area contributed by atoms with E-state index in [4.69, 9.17) is 8.83 Å². The fourth-order valence-electron chi connectivity index (χ4n) is 20.5. The summed E-state index contributed by atoms with van der Waals surface area (Å²) in [6.45, 7) is 9.49. The van der Waals surface area contributed by atoms with Crippen LogP contribution in [-0.2, 0) is 10.8 Å². The van der Waals surface area contributed by atoms with Crippen molar-refractivity contribution >= 4 is 122 Å². The Labute approximate surface area is 731 Å². The number of para-hydroxylation sites is 8. The standard InChI is InChI=1S/C63H44N2O.C57H40N2O/c1-63(2)57-39-45(41-14-5-3-6-15-41)28-35-51(57)52-36-34-49(40-58(52)63)64(48-32-26-43(27-33-48)50-20-13-21-55-54-19-10-12-23-61(54)66-62(50)55)47-30-24-42(25-31-47)44-29-37-60-56(38-44)53-18-9-11-22-59(53)65(60)46-16-7-4-8-17-46;1-57(2)51-34-39(37-14-5-3-6-15-37)26-31-45(51)46-32-29-43(36-52(46)57)58(41-27-24-38(25-28-41)44-20-13-21-49-48-19-10-12-23-55(48)60-56(44)49)42-30-33-54-50(35-42)47-18-9-11-22-53(47)59(54)40-16-7-4-8-17-40/h3-40H,1-2H3;3-36H,1-2H3. The van der Waals surface area contributed by atoms with E-state index in [0.717, 1.165) is 112 Å². The Bertz CT molecular complexity index is 8240.